The molecule has 0 bridgehead atoms. The number of thioether (sulfide) groups is 1. The summed E-state index contributed by atoms with van der Waals surface area (Å²) in [4.78, 5) is 40.9. The second-order valence-corrected chi connectivity index (χ2v) is 10.7. The Kier molecular flexibility index (Phi) is 10.6. The van der Waals surface area contributed by atoms with E-state index in [9.17, 15) is 14.4 Å². The second-order valence-electron chi connectivity index (χ2n) is 8.79. The average Bonchev–Trinajstić information content (AvgIpc) is 2.95. The molecule has 0 saturated carbocycles. The fourth-order valence-electron chi connectivity index (χ4n) is 3.86. The smallest absolute Gasteiger partial charge is 0.339 e. The lowest BCUT2D eigenvalue weighted by Crippen LogP contribution is -2.34. The summed E-state index contributed by atoms with van der Waals surface area (Å²) >= 11 is 13.2. The largest absolute Gasteiger partial charge is 0.452 e. The third-order valence-corrected chi connectivity index (χ3v) is 7.23. The standard InChI is InChI=1S/C31H26Cl2N2O4S/c32-24-15-25(33)17-26(16-24)34-29(36)21-40-28-14-8-7-13-27(28)31(38)39-20-30(37)35(18-22-9-3-1-4-10-22)19-23-11-5-2-6-12-23/h1-17H,18-21H2,(H,34,36). The number of nitrogens with zero attached hydrogens (tertiary/aromatic N) is 1. The molecule has 0 radical (unpaired) electrons. The molecule has 0 aliphatic carbocycles. The molecule has 0 unspecified atom stereocenters. The number of nitrogens with one attached hydrogen (secondary N) is 1. The number of carbonyl (C=O) groups excluding carboxylic acids is 3. The fraction of sp³-hybridized carbons (Fsp3) is 0.129. The van der Waals surface area contributed by atoms with E-state index in [0.29, 0.717) is 33.7 Å². The van der Waals surface area contributed by atoms with Gasteiger partial charge in [-0.25, -0.2) is 4.79 Å². The number of amides is 2. The van der Waals surface area contributed by atoms with Gasteiger partial charge in [-0.1, -0.05) is 96.0 Å². The van der Waals surface area contributed by atoms with Crippen molar-refractivity contribution in [3.63, 3.8) is 0 Å². The van der Waals surface area contributed by atoms with Crippen LogP contribution in [0.2, 0.25) is 10.0 Å². The number of esters is 1. The molecule has 0 spiro atoms. The van der Waals surface area contributed by atoms with Crippen molar-refractivity contribution in [2.45, 2.75) is 18.0 Å². The highest BCUT2D eigenvalue weighted by molar-refractivity contribution is 8.00. The summed E-state index contributed by atoms with van der Waals surface area (Å²) in [5.74, 6) is -1.21. The molecule has 0 aliphatic heterocycles. The van der Waals surface area contributed by atoms with Gasteiger partial charge in [0.2, 0.25) is 5.91 Å². The van der Waals surface area contributed by atoms with Crippen LogP contribution in [0, 0.1) is 0 Å². The topological polar surface area (TPSA) is 75.7 Å². The maximum absolute atomic E-state index is 13.2. The molecule has 9 heteroatoms. The molecule has 0 atom stereocenters. The Labute approximate surface area is 247 Å². The van der Waals surface area contributed by atoms with Crippen molar-refractivity contribution >= 4 is 58.4 Å². The number of anilines is 1. The van der Waals surface area contributed by atoms with E-state index in [1.165, 1.54) is 11.8 Å². The number of ether oxygens (including phenoxy) is 1. The molecule has 204 valence electrons. The normalized spacial score (nSPS) is 10.6. The Morgan fingerprint density at radius 1 is 0.750 bits per heavy atom. The molecule has 0 saturated heterocycles. The summed E-state index contributed by atoms with van der Waals surface area (Å²) in [6.45, 7) is 0.352. The highest BCUT2D eigenvalue weighted by atomic mass is 35.5. The van der Waals surface area contributed by atoms with Crippen LogP contribution < -0.4 is 5.32 Å². The van der Waals surface area contributed by atoms with Crippen LogP contribution in [0.1, 0.15) is 21.5 Å². The summed E-state index contributed by atoms with van der Waals surface area (Å²) in [6.07, 6.45) is 0. The minimum atomic E-state index is -0.641. The predicted octanol–water partition coefficient (Wildman–Crippen LogP) is 7.11. The Balaban J connectivity index is 1.37. The first-order chi connectivity index (χ1) is 19.4. The number of hydrogen-bond donors (Lipinski definition) is 1. The van der Waals surface area contributed by atoms with Crippen molar-refractivity contribution in [1.29, 1.82) is 0 Å². The van der Waals surface area contributed by atoms with E-state index in [-0.39, 0.29) is 23.1 Å². The van der Waals surface area contributed by atoms with Gasteiger partial charge in [-0.3, -0.25) is 9.59 Å². The maximum Gasteiger partial charge on any atom is 0.339 e. The molecule has 4 rings (SSSR count). The van der Waals surface area contributed by atoms with Crippen molar-refractivity contribution in [2.24, 2.45) is 0 Å². The van der Waals surface area contributed by atoms with Crippen LogP contribution in [-0.4, -0.2) is 35.0 Å². The molecule has 4 aromatic rings. The molecule has 0 fully saturated rings. The number of hydrogen-bond acceptors (Lipinski definition) is 5. The van der Waals surface area contributed by atoms with Crippen LogP contribution in [0.3, 0.4) is 0 Å². The average molecular weight is 594 g/mol. The molecule has 0 aliphatic rings. The van der Waals surface area contributed by atoms with Crippen LogP contribution >= 0.6 is 35.0 Å². The van der Waals surface area contributed by atoms with E-state index in [4.69, 9.17) is 27.9 Å². The summed E-state index contributed by atoms with van der Waals surface area (Å²) in [5, 5.41) is 3.55. The SMILES string of the molecule is O=C(CSc1ccccc1C(=O)OCC(=O)N(Cc1ccccc1)Cc1ccccc1)Nc1cc(Cl)cc(Cl)c1. The van der Waals surface area contributed by atoms with Crippen molar-refractivity contribution in [3.8, 4) is 0 Å². The zero-order chi connectivity index (χ0) is 28.3. The molecular weight excluding hydrogens is 567 g/mol. The van der Waals surface area contributed by atoms with Gasteiger partial charge < -0.3 is 15.0 Å². The van der Waals surface area contributed by atoms with E-state index in [1.54, 1.807) is 47.4 Å². The Hall–Kier alpha value is -3.78. The van der Waals surface area contributed by atoms with E-state index in [2.05, 4.69) is 5.32 Å². The molecule has 0 aromatic heterocycles. The molecule has 6 nitrogen and oxygen atoms in total. The first-order valence-electron chi connectivity index (χ1n) is 12.4. The van der Waals surface area contributed by atoms with Gasteiger partial charge >= 0.3 is 5.97 Å². The van der Waals surface area contributed by atoms with Crippen molar-refractivity contribution in [1.82, 2.24) is 4.90 Å². The van der Waals surface area contributed by atoms with Gasteiger partial charge in [0.05, 0.1) is 11.3 Å². The van der Waals surface area contributed by atoms with Gasteiger partial charge in [-0.2, -0.15) is 0 Å². The number of rotatable bonds is 11. The van der Waals surface area contributed by atoms with Crippen molar-refractivity contribution in [3.05, 3.63) is 130 Å². The van der Waals surface area contributed by atoms with Crippen LogP contribution in [0.5, 0.6) is 0 Å². The molecule has 2 amide bonds. The second kappa shape index (κ2) is 14.6. The minimum Gasteiger partial charge on any atom is -0.452 e. The van der Waals surface area contributed by atoms with Gasteiger partial charge in [0, 0.05) is 33.7 Å². The lowest BCUT2D eigenvalue weighted by atomic mass is 10.1. The van der Waals surface area contributed by atoms with Crippen LogP contribution in [-0.2, 0) is 27.4 Å². The van der Waals surface area contributed by atoms with Gasteiger partial charge in [0.1, 0.15) is 0 Å². The summed E-state index contributed by atoms with van der Waals surface area (Å²) in [6, 6.07) is 30.8. The third-order valence-electron chi connectivity index (χ3n) is 5.72. The van der Waals surface area contributed by atoms with Gasteiger partial charge in [-0.05, 0) is 41.5 Å². The van der Waals surface area contributed by atoms with Gasteiger partial charge in [-0.15, -0.1) is 11.8 Å². The highest BCUT2D eigenvalue weighted by Crippen LogP contribution is 2.25. The van der Waals surface area contributed by atoms with Crippen molar-refractivity contribution < 1.29 is 19.1 Å². The first-order valence-corrected chi connectivity index (χ1v) is 14.1. The van der Waals surface area contributed by atoms with Crippen LogP contribution in [0.25, 0.3) is 0 Å². The maximum atomic E-state index is 13.2. The Bertz CT molecular complexity index is 1410. The lowest BCUT2D eigenvalue weighted by Gasteiger charge is -2.23. The van der Waals surface area contributed by atoms with E-state index >= 15 is 0 Å². The van der Waals surface area contributed by atoms with E-state index in [0.717, 1.165) is 11.1 Å². The van der Waals surface area contributed by atoms with Gasteiger partial charge in [0.15, 0.2) is 6.61 Å². The molecular formula is C31H26Cl2N2O4S. The molecule has 0 heterocycles. The molecule has 4 aromatic carbocycles. The molecule has 40 heavy (non-hydrogen) atoms. The van der Waals surface area contributed by atoms with E-state index in [1.807, 2.05) is 60.7 Å². The summed E-state index contributed by atoms with van der Waals surface area (Å²) in [7, 11) is 0. The summed E-state index contributed by atoms with van der Waals surface area (Å²) in [5.41, 5.74) is 2.69. The fourth-order valence-corrected chi connectivity index (χ4v) is 5.23. The monoisotopic (exact) mass is 592 g/mol. The Morgan fingerprint density at radius 3 is 1.90 bits per heavy atom. The highest BCUT2D eigenvalue weighted by Gasteiger charge is 2.20. The van der Waals surface area contributed by atoms with Crippen LogP contribution in [0.4, 0.5) is 5.69 Å². The lowest BCUT2D eigenvalue weighted by molar-refractivity contribution is -0.135. The quantitative estimate of drug-likeness (QED) is 0.148. The van der Waals surface area contributed by atoms with E-state index < -0.39 is 12.6 Å². The van der Waals surface area contributed by atoms with Gasteiger partial charge in [0.25, 0.3) is 5.91 Å². The predicted molar refractivity (Wildman–Crippen MR) is 160 cm³/mol. The first kappa shape index (κ1) is 29.2. The minimum absolute atomic E-state index is 0.0370. The van der Waals surface area contributed by atoms with Crippen molar-refractivity contribution in [2.75, 3.05) is 17.7 Å². The third kappa shape index (κ3) is 8.88. The zero-order valence-electron chi connectivity index (χ0n) is 21.4. The number of carbonyl (C=O) groups is 3. The summed E-state index contributed by atoms with van der Waals surface area (Å²) < 4.78 is 5.44. The number of benzene rings is 4. The molecule has 1 N–H and O–H groups in total. The zero-order valence-corrected chi connectivity index (χ0v) is 23.7. The Morgan fingerprint density at radius 2 is 1.30 bits per heavy atom. The van der Waals surface area contributed by atoms with Crippen LogP contribution in [0.15, 0.2) is 108 Å². The number of halogens is 2.